The Kier molecular flexibility index (Phi) is 4.00. The van der Waals surface area contributed by atoms with Gasteiger partial charge in [0.15, 0.2) is 5.75 Å². The van der Waals surface area contributed by atoms with Gasteiger partial charge < -0.3 is 4.74 Å². The zero-order valence-corrected chi connectivity index (χ0v) is 10.6. The molecule has 88 valence electrons. The number of ether oxygens (including phenoxy) is 1. The van der Waals surface area contributed by atoms with E-state index in [1.807, 2.05) is 0 Å². The second-order valence-electron chi connectivity index (χ2n) is 2.73. The molecule has 0 saturated carbocycles. The zero-order chi connectivity index (χ0) is 12.5. The molecule has 0 atom stereocenters. The molecule has 0 aliphatic carbocycles. The van der Waals surface area contributed by atoms with E-state index in [0.29, 0.717) is 0 Å². The minimum Gasteiger partial charge on any atom is -0.404 e. The van der Waals surface area contributed by atoms with Crippen LogP contribution in [-0.4, -0.2) is 16.6 Å². The summed E-state index contributed by atoms with van der Waals surface area (Å²) in [7, 11) is 0. The van der Waals surface area contributed by atoms with Gasteiger partial charge in [-0.05, 0) is 41.1 Å². The van der Waals surface area contributed by atoms with Crippen LogP contribution in [0.5, 0.6) is 5.75 Å². The van der Waals surface area contributed by atoms with Gasteiger partial charge in [-0.3, -0.25) is 4.79 Å². The minimum absolute atomic E-state index is 0.0886. The van der Waals surface area contributed by atoms with Crippen molar-refractivity contribution in [2.24, 2.45) is 0 Å². The second kappa shape index (κ2) is 4.74. The van der Waals surface area contributed by atoms with Crippen LogP contribution in [0, 0.1) is 10.5 Å². The summed E-state index contributed by atoms with van der Waals surface area (Å²) in [5.74, 6) is -0.446. The maximum Gasteiger partial charge on any atom is 0.573 e. The van der Waals surface area contributed by atoms with Gasteiger partial charge in [0.1, 0.15) is 5.69 Å². The van der Waals surface area contributed by atoms with Crippen molar-refractivity contribution in [2.45, 2.75) is 13.3 Å². The number of carbonyl (C=O) groups excluding carboxylic acids is 1. The van der Waals surface area contributed by atoms with E-state index in [0.717, 1.165) is 6.20 Å². The highest BCUT2D eigenvalue weighted by atomic mass is 127. The van der Waals surface area contributed by atoms with E-state index in [1.54, 1.807) is 22.6 Å². The van der Waals surface area contributed by atoms with Crippen molar-refractivity contribution < 1.29 is 22.7 Å². The standard InChI is InChI=1S/C8H4ClF3INO2/c1-3-4(16-8(10,11)12)2-14-6(5(3)13)7(9)15/h2H,1H3. The minimum atomic E-state index is -4.79. The normalized spacial score (nSPS) is 11.4. The lowest BCUT2D eigenvalue weighted by molar-refractivity contribution is -0.275. The average molecular weight is 365 g/mol. The fourth-order valence-electron chi connectivity index (χ4n) is 0.927. The Bertz CT molecular complexity index is 436. The number of carbonyl (C=O) groups is 1. The Morgan fingerprint density at radius 3 is 2.56 bits per heavy atom. The van der Waals surface area contributed by atoms with Gasteiger partial charge in [0.2, 0.25) is 0 Å². The summed E-state index contributed by atoms with van der Waals surface area (Å²) >= 11 is 6.88. The Morgan fingerprint density at radius 1 is 1.56 bits per heavy atom. The van der Waals surface area contributed by atoms with Crippen molar-refractivity contribution in [3.8, 4) is 5.75 Å². The lowest BCUT2D eigenvalue weighted by Gasteiger charge is -2.12. The molecule has 0 bridgehead atoms. The van der Waals surface area contributed by atoms with Crippen LogP contribution in [0.15, 0.2) is 6.20 Å². The summed E-state index contributed by atoms with van der Waals surface area (Å²) in [5, 5.41) is -0.828. The highest BCUT2D eigenvalue weighted by Gasteiger charge is 2.32. The SMILES string of the molecule is Cc1c(OC(F)(F)F)cnc(C(=O)Cl)c1I. The molecular weight excluding hydrogens is 361 g/mol. The first-order chi connectivity index (χ1) is 7.22. The van der Waals surface area contributed by atoms with E-state index in [2.05, 4.69) is 9.72 Å². The molecule has 1 aromatic rings. The van der Waals surface area contributed by atoms with Crippen LogP contribution < -0.4 is 4.74 Å². The lowest BCUT2D eigenvalue weighted by atomic mass is 10.2. The Labute approximate surface area is 107 Å². The van der Waals surface area contributed by atoms with Crippen molar-refractivity contribution in [2.75, 3.05) is 0 Å². The fourth-order valence-corrected chi connectivity index (χ4v) is 1.88. The van der Waals surface area contributed by atoms with Crippen molar-refractivity contribution in [3.63, 3.8) is 0 Å². The summed E-state index contributed by atoms with van der Waals surface area (Å²) in [6.07, 6.45) is -3.97. The lowest BCUT2D eigenvalue weighted by Crippen LogP contribution is -2.18. The molecular formula is C8H4ClF3INO2. The summed E-state index contributed by atoms with van der Waals surface area (Å²) < 4.78 is 39.9. The maximum atomic E-state index is 12.0. The molecule has 0 unspecified atom stereocenters. The smallest absolute Gasteiger partial charge is 0.404 e. The Hall–Kier alpha value is -0.570. The quantitative estimate of drug-likeness (QED) is 0.596. The summed E-state index contributed by atoms with van der Waals surface area (Å²) in [6.45, 7) is 1.38. The highest BCUT2D eigenvalue weighted by molar-refractivity contribution is 14.1. The van der Waals surface area contributed by atoms with Gasteiger partial charge in [0.05, 0.1) is 9.77 Å². The highest BCUT2D eigenvalue weighted by Crippen LogP contribution is 2.29. The van der Waals surface area contributed by atoms with Crippen LogP contribution in [0.2, 0.25) is 0 Å². The number of rotatable bonds is 2. The van der Waals surface area contributed by atoms with E-state index in [-0.39, 0.29) is 14.8 Å². The molecule has 1 rings (SSSR count). The molecule has 8 heteroatoms. The van der Waals surface area contributed by atoms with Crippen LogP contribution in [0.1, 0.15) is 16.1 Å². The van der Waals surface area contributed by atoms with E-state index in [9.17, 15) is 18.0 Å². The number of hydrogen-bond acceptors (Lipinski definition) is 3. The molecule has 0 spiro atoms. The van der Waals surface area contributed by atoms with Crippen LogP contribution in [-0.2, 0) is 0 Å². The second-order valence-corrected chi connectivity index (χ2v) is 4.15. The van der Waals surface area contributed by atoms with Crippen LogP contribution in [0.25, 0.3) is 0 Å². The molecule has 0 amide bonds. The van der Waals surface area contributed by atoms with Gasteiger partial charge in [-0.2, -0.15) is 0 Å². The topological polar surface area (TPSA) is 39.2 Å². The molecule has 0 aromatic carbocycles. The number of pyridine rings is 1. The predicted octanol–water partition coefficient (Wildman–Crippen LogP) is 3.27. The van der Waals surface area contributed by atoms with E-state index in [4.69, 9.17) is 11.6 Å². The molecule has 0 radical (unpaired) electrons. The average Bonchev–Trinajstić information content (AvgIpc) is 2.10. The first-order valence-electron chi connectivity index (χ1n) is 3.83. The van der Waals surface area contributed by atoms with Gasteiger partial charge in [-0.1, -0.05) is 0 Å². The van der Waals surface area contributed by atoms with Gasteiger partial charge in [-0.25, -0.2) is 4.98 Å². The largest absolute Gasteiger partial charge is 0.573 e. The first-order valence-corrected chi connectivity index (χ1v) is 5.28. The molecule has 0 aliphatic heterocycles. The molecule has 1 heterocycles. The van der Waals surface area contributed by atoms with Crippen molar-refractivity contribution >= 4 is 39.4 Å². The third kappa shape index (κ3) is 3.21. The van der Waals surface area contributed by atoms with E-state index < -0.39 is 17.4 Å². The number of aromatic nitrogens is 1. The summed E-state index contributed by atoms with van der Waals surface area (Å²) in [5.41, 5.74) is 0.0752. The fraction of sp³-hybridized carbons (Fsp3) is 0.250. The van der Waals surface area contributed by atoms with Crippen LogP contribution in [0.3, 0.4) is 0 Å². The van der Waals surface area contributed by atoms with E-state index in [1.165, 1.54) is 6.92 Å². The molecule has 1 aromatic heterocycles. The van der Waals surface area contributed by atoms with Gasteiger partial charge in [-0.15, -0.1) is 13.2 Å². The number of halogens is 5. The van der Waals surface area contributed by atoms with Crippen molar-refractivity contribution in [3.05, 3.63) is 21.0 Å². The van der Waals surface area contributed by atoms with E-state index >= 15 is 0 Å². The molecule has 16 heavy (non-hydrogen) atoms. The summed E-state index contributed by atoms with van der Waals surface area (Å²) in [4.78, 5) is 14.4. The zero-order valence-electron chi connectivity index (χ0n) is 7.73. The molecule has 0 fully saturated rings. The van der Waals surface area contributed by atoms with Crippen molar-refractivity contribution in [1.29, 1.82) is 0 Å². The molecule has 0 N–H and O–H groups in total. The summed E-state index contributed by atoms with van der Waals surface area (Å²) in [6, 6.07) is 0. The van der Waals surface area contributed by atoms with Gasteiger partial charge in [0, 0.05) is 5.56 Å². The number of hydrogen-bond donors (Lipinski definition) is 0. The molecule has 0 saturated heterocycles. The third-order valence-electron chi connectivity index (χ3n) is 1.63. The number of alkyl halides is 3. The molecule has 3 nitrogen and oxygen atoms in total. The van der Waals surface area contributed by atoms with Gasteiger partial charge >= 0.3 is 6.36 Å². The van der Waals surface area contributed by atoms with Crippen LogP contribution in [0.4, 0.5) is 13.2 Å². The Balaban J connectivity index is 3.17. The predicted molar refractivity (Wildman–Crippen MR) is 58.6 cm³/mol. The third-order valence-corrected chi connectivity index (χ3v) is 3.13. The first kappa shape index (κ1) is 13.5. The van der Waals surface area contributed by atoms with Crippen molar-refractivity contribution in [1.82, 2.24) is 4.98 Å². The molecule has 0 aliphatic rings. The Morgan fingerprint density at radius 2 is 2.12 bits per heavy atom. The van der Waals surface area contributed by atoms with Crippen LogP contribution >= 0.6 is 34.2 Å². The number of nitrogens with zero attached hydrogens (tertiary/aromatic N) is 1. The van der Waals surface area contributed by atoms with Gasteiger partial charge in [0.25, 0.3) is 5.24 Å². The maximum absolute atomic E-state index is 12.0. The monoisotopic (exact) mass is 365 g/mol.